The second kappa shape index (κ2) is 4.34. The molecule has 1 aromatic carbocycles. The Labute approximate surface area is 123 Å². The van der Waals surface area contributed by atoms with Gasteiger partial charge in [-0.3, -0.25) is 0 Å². The molecule has 1 aromatic rings. The van der Waals surface area contributed by atoms with E-state index in [0.29, 0.717) is 17.8 Å². The third-order valence-electron chi connectivity index (χ3n) is 6.76. The smallest absolute Gasteiger partial charge is 0.0670 e. The van der Waals surface area contributed by atoms with Crippen LogP contribution in [0.5, 0.6) is 0 Å². The van der Waals surface area contributed by atoms with Crippen molar-refractivity contribution in [2.24, 2.45) is 16.7 Å². The molecule has 0 aliphatic heterocycles. The molecule has 2 saturated carbocycles. The maximum absolute atomic E-state index is 11.0. The second-order valence-corrected chi connectivity index (χ2v) is 8.08. The Morgan fingerprint density at radius 3 is 2.45 bits per heavy atom. The lowest BCUT2D eigenvalue weighted by Crippen LogP contribution is -2.36. The molecule has 20 heavy (non-hydrogen) atoms. The second-order valence-electron chi connectivity index (χ2n) is 8.08. The van der Waals surface area contributed by atoms with E-state index in [1.54, 1.807) is 0 Å². The Morgan fingerprint density at radius 2 is 1.90 bits per heavy atom. The fourth-order valence-electron chi connectivity index (χ4n) is 4.88. The first-order valence-electron chi connectivity index (χ1n) is 8.07. The SMILES string of the molecule is CC(C)c1cccc(C2[C@H]3CC[C@](C)([C@H]2O)C3(C)C)c1. The van der Waals surface area contributed by atoms with Crippen molar-refractivity contribution >= 4 is 0 Å². The van der Waals surface area contributed by atoms with Crippen LogP contribution >= 0.6 is 0 Å². The van der Waals surface area contributed by atoms with Gasteiger partial charge in [-0.2, -0.15) is 0 Å². The highest BCUT2D eigenvalue weighted by atomic mass is 16.3. The third kappa shape index (κ3) is 1.65. The minimum Gasteiger partial charge on any atom is -0.392 e. The molecule has 0 amide bonds. The van der Waals surface area contributed by atoms with Gasteiger partial charge in [-0.05, 0) is 46.6 Å². The molecule has 1 nitrogen and oxygen atoms in total. The molecule has 0 aromatic heterocycles. The summed E-state index contributed by atoms with van der Waals surface area (Å²) in [6, 6.07) is 8.93. The highest BCUT2D eigenvalue weighted by Crippen LogP contribution is 2.70. The molecule has 2 fully saturated rings. The lowest BCUT2D eigenvalue weighted by molar-refractivity contribution is 0.00465. The minimum absolute atomic E-state index is 0.0795. The molecule has 2 bridgehead atoms. The standard InChI is InChI=1S/C19H28O/c1-12(2)13-7-6-8-14(11-13)16-15-9-10-19(5,17(16)20)18(15,3)4/h6-8,11-12,15-17,20H,9-10H2,1-5H3/t15-,16?,17+,19-/m1/s1. The number of rotatable bonds is 2. The van der Waals surface area contributed by atoms with Gasteiger partial charge in [0, 0.05) is 5.92 Å². The summed E-state index contributed by atoms with van der Waals surface area (Å²) in [5.74, 6) is 1.49. The molecule has 2 aliphatic carbocycles. The molecule has 1 N–H and O–H groups in total. The van der Waals surface area contributed by atoms with Crippen LogP contribution in [0.15, 0.2) is 24.3 Å². The normalized spacial score (nSPS) is 38.6. The van der Waals surface area contributed by atoms with Gasteiger partial charge < -0.3 is 5.11 Å². The molecule has 1 unspecified atom stereocenters. The van der Waals surface area contributed by atoms with Crippen LogP contribution in [0, 0.1) is 16.7 Å². The number of hydrogen-bond donors (Lipinski definition) is 1. The molecule has 1 heteroatoms. The van der Waals surface area contributed by atoms with Gasteiger partial charge in [0.05, 0.1) is 6.10 Å². The van der Waals surface area contributed by atoms with Crippen molar-refractivity contribution in [3.05, 3.63) is 35.4 Å². The van der Waals surface area contributed by atoms with E-state index in [9.17, 15) is 5.11 Å². The highest BCUT2D eigenvalue weighted by molar-refractivity contribution is 5.34. The summed E-state index contributed by atoms with van der Waals surface area (Å²) < 4.78 is 0. The Bertz CT molecular complexity index is 516. The van der Waals surface area contributed by atoms with Crippen LogP contribution < -0.4 is 0 Å². The fraction of sp³-hybridized carbons (Fsp3) is 0.684. The zero-order valence-corrected chi connectivity index (χ0v) is 13.5. The number of aliphatic hydroxyl groups is 1. The third-order valence-corrected chi connectivity index (χ3v) is 6.76. The highest BCUT2D eigenvalue weighted by Gasteiger charge is 2.65. The zero-order valence-electron chi connectivity index (χ0n) is 13.5. The Morgan fingerprint density at radius 1 is 1.20 bits per heavy atom. The predicted molar refractivity (Wildman–Crippen MR) is 83.9 cm³/mol. The topological polar surface area (TPSA) is 20.2 Å². The minimum atomic E-state index is -0.196. The van der Waals surface area contributed by atoms with Crippen molar-refractivity contribution in [1.82, 2.24) is 0 Å². The Hall–Kier alpha value is -0.820. The van der Waals surface area contributed by atoms with Gasteiger partial charge in [-0.25, -0.2) is 0 Å². The average Bonchev–Trinajstić information content (AvgIpc) is 2.71. The maximum Gasteiger partial charge on any atom is 0.0670 e. The molecule has 2 aliphatic rings. The summed E-state index contributed by atoms with van der Waals surface area (Å²) in [4.78, 5) is 0. The van der Waals surface area contributed by atoms with Crippen LogP contribution in [0.3, 0.4) is 0 Å². The Balaban J connectivity index is 2.02. The van der Waals surface area contributed by atoms with Gasteiger partial charge in [0.1, 0.15) is 0 Å². The predicted octanol–water partition coefficient (Wildman–Crippen LogP) is 4.71. The maximum atomic E-state index is 11.0. The lowest BCUT2D eigenvalue weighted by Gasteiger charge is -2.37. The van der Waals surface area contributed by atoms with Gasteiger partial charge in [0.15, 0.2) is 0 Å². The molecule has 0 radical (unpaired) electrons. The first-order valence-corrected chi connectivity index (χ1v) is 8.07. The van der Waals surface area contributed by atoms with E-state index in [-0.39, 0.29) is 16.9 Å². The van der Waals surface area contributed by atoms with Gasteiger partial charge in [-0.15, -0.1) is 0 Å². The molecular formula is C19H28O. The quantitative estimate of drug-likeness (QED) is 0.826. The number of aliphatic hydroxyl groups excluding tert-OH is 1. The van der Waals surface area contributed by atoms with Gasteiger partial charge >= 0.3 is 0 Å². The molecule has 0 saturated heterocycles. The molecule has 0 spiro atoms. The number of fused-ring (bicyclic) bond motifs is 2. The fourth-order valence-corrected chi connectivity index (χ4v) is 4.88. The van der Waals surface area contributed by atoms with Gasteiger partial charge in [-0.1, -0.05) is 58.9 Å². The van der Waals surface area contributed by atoms with Crippen LogP contribution in [-0.4, -0.2) is 11.2 Å². The summed E-state index contributed by atoms with van der Waals surface area (Å²) in [7, 11) is 0. The monoisotopic (exact) mass is 272 g/mol. The van der Waals surface area contributed by atoms with E-state index in [4.69, 9.17) is 0 Å². The van der Waals surface area contributed by atoms with Gasteiger partial charge in [0.25, 0.3) is 0 Å². The van der Waals surface area contributed by atoms with E-state index in [2.05, 4.69) is 58.9 Å². The molecule has 0 heterocycles. The Kier molecular flexibility index (Phi) is 3.06. The lowest BCUT2D eigenvalue weighted by atomic mass is 9.70. The molecule has 4 atom stereocenters. The van der Waals surface area contributed by atoms with Gasteiger partial charge in [0.2, 0.25) is 0 Å². The molecule has 3 rings (SSSR count). The van der Waals surface area contributed by atoms with Crippen molar-refractivity contribution in [3.63, 3.8) is 0 Å². The first kappa shape index (κ1) is 14.1. The van der Waals surface area contributed by atoms with Crippen LogP contribution in [0.1, 0.15) is 70.4 Å². The number of hydrogen-bond acceptors (Lipinski definition) is 1. The summed E-state index contributed by atoms with van der Waals surface area (Å²) >= 11 is 0. The van der Waals surface area contributed by atoms with E-state index in [0.717, 1.165) is 0 Å². The molecule has 110 valence electrons. The largest absolute Gasteiger partial charge is 0.392 e. The van der Waals surface area contributed by atoms with Crippen molar-refractivity contribution in [1.29, 1.82) is 0 Å². The molecular weight excluding hydrogens is 244 g/mol. The zero-order chi connectivity index (χ0) is 14.7. The van der Waals surface area contributed by atoms with Crippen LogP contribution in [-0.2, 0) is 0 Å². The van der Waals surface area contributed by atoms with Crippen molar-refractivity contribution in [3.8, 4) is 0 Å². The van der Waals surface area contributed by atoms with Crippen molar-refractivity contribution < 1.29 is 5.11 Å². The van der Waals surface area contributed by atoms with E-state index >= 15 is 0 Å². The summed E-state index contributed by atoms with van der Waals surface area (Å²) in [5.41, 5.74) is 3.06. The average molecular weight is 272 g/mol. The van der Waals surface area contributed by atoms with Crippen molar-refractivity contribution in [2.45, 2.75) is 65.4 Å². The van der Waals surface area contributed by atoms with E-state index in [1.807, 2.05) is 0 Å². The van der Waals surface area contributed by atoms with E-state index in [1.165, 1.54) is 24.0 Å². The van der Waals surface area contributed by atoms with Crippen LogP contribution in [0.25, 0.3) is 0 Å². The first-order chi connectivity index (χ1) is 9.29. The number of benzene rings is 1. The summed E-state index contributed by atoms with van der Waals surface area (Å²) in [5, 5.41) is 11.0. The summed E-state index contributed by atoms with van der Waals surface area (Å²) in [6.07, 6.45) is 2.24. The van der Waals surface area contributed by atoms with Crippen LogP contribution in [0.2, 0.25) is 0 Å². The van der Waals surface area contributed by atoms with E-state index < -0.39 is 0 Å². The summed E-state index contributed by atoms with van der Waals surface area (Å²) in [6.45, 7) is 11.5. The van der Waals surface area contributed by atoms with Crippen LogP contribution in [0.4, 0.5) is 0 Å². The van der Waals surface area contributed by atoms with Crippen molar-refractivity contribution in [2.75, 3.05) is 0 Å².